The standard InChI is InChI=1S/C8H17N9O4/c9-8(13-17(20)21)10-1-2-14-3-5-15(6-4-14)11-7-12-16(18)19/h7H,1-6H2,(H,11,12)(H3,9,10,13). The topological polar surface area (TPSA) is 168 Å². The van der Waals surface area contributed by atoms with E-state index in [0.29, 0.717) is 26.2 Å². The Morgan fingerprint density at radius 1 is 1.24 bits per heavy atom. The van der Waals surface area contributed by atoms with Gasteiger partial charge in [0.05, 0.1) is 5.10 Å². The first-order valence-corrected chi connectivity index (χ1v) is 6.10. The highest BCUT2D eigenvalue weighted by Crippen LogP contribution is 1.97. The average molecular weight is 303 g/mol. The number of nitrogens with two attached hydrogens (primary N) is 1. The highest BCUT2D eigenvalue weighted by atomic mass is 16.7. The molecule has 13 heteroatoms. The van der Waals surface area contributed by atoms with E-state index < -0.39 is 10.1 Å². The van der Waals surface area contributed by atoms with Gasteiger partial charge in [-0.3, -0.25) is 4.90 Å². The molecule has 21 heavy (non-hydrogen) atoms. The van der Waals surface area contributed by atoms with Gasteiger partial charge in [0.1, 0.15) is 5.10 Å². The lowest BCUT2D eigenvalue weighted by atomic mass is 10.3. The first-order chi connectivity index (χ1) is 9.97. The minimum atomic E-state index is -0.862. The van der Waals surface area contributed by atoms with E-state index >= 15 is 0 Å². The Morgan fingerprint density at radius 2 is 1.90 bits per heavy atom. The highest BCUT2D eigenvalue weighted by Gasteiger charge is 2.15. The molecule has 0 atom stereocenters. The van der Waals surface area contributed by atoms with Gasteiger partial charge in [-0.1, -0.05) is 0 Å². The van der Waals surface area contributed by atoms with Gasteiger partial charge in [0, 0.05) is 39.3 Å². The van der Waals surface area contributed by atoms with E-state index in [4.69, 9.17) is 5.73 Å². The van der Waals surface area contributed by atoms with Crippen LogP contribution >= 0.6 is 0 Å². The average Bonchev–Trinajstić information content (AvgIpc) is 2.39. The molecule has 1 fully saturated rings. The summed E-state index contributed by atoms with van der Waals surface area (Å²) < 4.78 is 0. The maximum absolute atomic E-state index is 10.1. The van der Waals surface area contributed by atoms with E-state index in [1.54, 1.807) is 5.01 Å². The summed E-state index contributed by atoms with van der Waals surface area (Å²) in [5.41, 5.74) is 8.00. The van der Waals surface area contributed by atoms with Crippen LogP contribution in [0.1, 0.15) is 0 Å². The Balaban J connectivity index is 2.16. The third-order valence-corrected chi connectivity index (χ3v) is 2.69. The largest absolute Gasteiger partial charge is 0.365 e. The third kappa shape index (κ3) is 7.58. The predicted molar refractivity (Wildman–Crippen MR) is 73.3 cm³/mol. The zero-order valence-corrected chi connectivity index (χ0v) is 11.2. The van der Waals surface area contributed by atoms with E-state index in [2.05, 4.69) is 25.8 Å². The van der Waals surface area contributed by atoms with Crippen molar-refractivity contribution in [1.29, 1.82) is 0 Å². The van der Waals surface area contributed by atoms with Crippen LogP contribution in [-0.4, -0.2) is 71.5 Å². The Morgan fingerprint density at radius 3 is 2.48 bits per heavy atom. The van der Waals surface area contributed by atoms with Crippen molar-refractivity contribution in [3.63, 3.8) is 0 Å². The van der Waals surface area contributed by atoms with Crippen molar-refractivity contribution in [2.45, 2.75) is 0 Å². The number of hydrogen-bond donors (Lipinski definition) is 3. The second-order valence-corrected chi connectivity index (χ2v) is 4.09. The normalized spacial score (nSPS) is 17.8. The fourth-order valence-corrected chi connectivity index (χ4v) is 1.72. The van der Waals surface area contributed by atoms with E-state index in [-0.39, 0.29) is 5.96 Å². The SMILES string of the molecule is NC(=N[N+](=O)[O-])NCCN1CCN(NC=N[N+](=O)[O-])CC1. The van der Waals surface area contributed by atoms with Crippen LogP contribution in [-0.2, 0) is 0 Å². The summed E-state index contributed by atoms with van der Waals surface area (Å²) in [4.78, 5) is 22.2. The van der Waals surface area contributed by atoms with Crippen molar-refractivity contribution in [3.05, 3.63) is 20.2 Å². The molecule has 0 unspecified atom stereocenters. The molecule has 0 amide bonds. The summed E-state index contributed by atoms with van der Waals surface area (Å²) in [7, 11) is 0. The van der Waals surface area contributed by atoms with Gasteiger partial charge >= 0.3 is 0 Å². The molecule has 0 aromatic rings. The fraction of sp³-hybridized carbons (Fsp3) is 0.750. The number of piperazine rings is 1. The number of hydrazine groups is 1. The molecule has 0 aromatic carbocycles. The Labute approximate surface area is 119 Å². The number of nitrogens with one attached hydrogen (secondary N) is 2. The lowest BCUT2D eigenvalue weighted by Gasteiger charge is -2.33. The molecule has 1 saturated heterocycles. The van der Waals surface area contributed by atoms with Gasteiger partial charge in [-0.25, -0.2) is 25.2 Å². The molecule has 1 rings (SSSR count). The summed E-state index contributed by atoms with van der Waals surface area (Å²) in [6.45, 7) is 3.93. The van der Waals surface area contributed by atoms with Crippen LogP contribution in [0.2, 0.25) is 0 Å². The minimum Gasteiger partial charge on any atom is -0.365 e. The number of rotatable bonds is 7. The molecule has 1 heterocycles. The van der Waals surface area contributed by atoms with Crippen LogP contribution in [0.15, 0.2) is 10.2 Å². The van der Waals surface area contributed by atoms with E-state index in [1.807, 2.05) is 0 Å². The first kappa shape index (κ1) is 16.5. The predicted octanol–water partition coefficient (Wildman–Crippen LogP) is -2.58. The number of hydrazone groups is 2. The zero-order chi connectivity index (χ0) is 15.7. The van der Waals surface area contributed by atoms with Gasteiger partial charge in [0.25, 0.3) is 5.96 Å². The van der Waals surface area contributed by atoms with Gasteiger partial charge in [-0.15, -0.1) is 0 Å². The quantitative estimate of drug-likeness (QED) is 0.198. The molecule has 0 bridgehead atoms. The van der Waals surface area contributed by atoms with Crippen molar-refractivity contribution in [1.82, 2.24) is 20.7 Å². The minimum absolute atomic E-state index is 0.226. The first-order valence-electron chi connectivity index (χ1n) is 6.10. The van der Waals surface area contributed by atoms with Gasteiger partial charge in [-0.2, -0.15) is 0 Å². The molecule has 0 aromatic heterocycles. The molecular formula is C8H17N9O4. The van der Waals surface area contributed by atoms with E-state index in [0.717, 1.165) is 19.4 Å². The molecular weight excluding hydrogens is 286 g/mol. The molecule has 13 nitrogen and oxygen atoms in total. The monoisotopic (exact) mass is 303 g/mol. The Hall–Kier alpha value is -2.54. The second kappa shape index (κ2) is 8.60. The summed E-state index contributed by atoms with van der Waals surface area (Å²) >= 11 is 0. The molecule has 1 aliphatic heterocycles. The van der Waals surface area contributed by atoms with Crippen LogP contribution in [0.4, 0.5) is 0 Å². The van der Waals surface area contributed by atoms with Crippen LogP contribution in [0, 0.1) is 20.2 Å². The number of nitrogens with zero attached hydrogens (tertiary/aromatic N) is 6. The van der Waals surface area contributed by atoms with Crippen molar-refractivity contribution < 1.29 is 10.1 Å². The number of guanidine groups is 1. The van der Waals surface area contributed by atoms with E-state index in [1.165, 1.54) is 0 Å². The number of nitro groups is 2. The van der Waals surface area contributed by atoms with Gasteiger partial charge in [0.15, 0.2) is 16.4 Å². The molecule has 4 N–H and O–H groups in total. The van der Waals surface area contributed by atoms with Gasteiger partial charge < -0.3 is 16.5 Å². The van der Waals surface area contributed by atoms with Gasteiger partial charge in [0.2, 0.25) is 0 Å². The molecule has 0 aliphatic carbocycles. The maximum atomic E-state index is 10.1. The number of hydrogen-bond acceptors (Lipinski definition) is 6. The molecule has 0 saturated carbocycles. The van der Waals surface area contributed by atoms with Crippen molar-refractivity contribution in [2.75, 3.05) is 39.3 Å². The van der Waals surface area contributed by atoms with Crippen molar-refractivity contribution in [3.8, 4) is 0 Å². The summed E-state index contributed by atoms with van der Waals surface area (Å²) in [5, 5.41) is 28.8. The fourth-order valence-electron chi connectivity index (χ4n) is 1.72. The van der Waals surface area contributed by atoms with Crippen LogP contribution in [0.5, 0.6) is 0 Å². The van der Waals surface area contributed by atoms with Crippen molar-refractivity contribution in [2.24, 2.45) is 15.9 Å². The highest BCUT2D eigenvalue weighted by molar-refractivity contribution is 5.76. The lowest BCUT2D eigenvalue weighted by Crippen LogP contribution is -2.53. The second-order valence-electron chi connectivity index (χ2n) is 4.09. The van der Waals surface area contributed by atoms with Crippen LogP contribution < -0.4 is 16.5 Å². The molecule has 1 aliphatic rings. The summed E-state index contributed by atoms with van der Waals surface area (Å²) in [6, 6.07) is 0. The van der Waals surface area contributed by atoms with Crippen LogP contribution in [0.3, 0.4) is 0 Å². The lowest BCUT2D eigenvalue weighted by molar-refractivity contribution is -0.485. The van der Waals surface area contributed by atoms with Crippen LogP contribution in [0.25, 0.3) is 0 Å². The maximum Gasteiger partial charge on any atom is 0.266 e. The smallest absolute Gasteiger partial charge is 0.266 e. The molecule has 0 spiro atoms. The summed E-state index contributed by atoms with van der Waals surface area (Å²) in [5.74, 6) is -0.226. The zero-order valence-electron chi connectivity index (χ0n) is 11.2. The third-order valence-electron chi connectivity index (χ3n) is 2.69. The van der Waals surface area contributed by atoms with Crippen molar-refractivity contribution >= 4 is 12.3 Å². The Kier molecular flexibility index (Phi) is 6.76. The molecule has 0 radical (unpaired) electrons. The summed E-state index contributed by atoms with van der Waals surface area (Å²) in [6.07, 6.45) is 1.03. The van der Waals surface area contributed by atoms with E-state index in [9.17, 15) is 20.2 Å². The van der Waals surface area contributed by atoms with Gasteiger partial charge in [-0.05, 0) is 0 Å². The Bertz CT molecular complexity index is 418. The molecule has 118 valence electrons.